The van der Waals surface area contributed by atoms with Gasteiger partial charge in [-0.3, -0.25) is 0 Å². The third-order valence-electron chi connectivity index (χ3n) is 4.34. The fourth-order valence-electron chi connectivity index (χ4n) is 3.16. The van der Waals surface area contributed by atoms with Crippen molar-refractivity contribution in [2.75, 3.05) is 0 Å². The van der Waals surface area contributed by atoms with Crippen LogP contribution in [0.3, 0.4) is 0 Å². The molecule has 1 atom stereocenters. The second-order valence-corrected chi connectivity index (χ2v) is 7.11. The van der Waals surface area contributed by atoms with Crippen molar-refractivity contribution in [1.82, 2.24) is 0 Å². The molecule has 0 spiro atoms. The first kappa shape index (κ1) is 13.2. The van der Waals surface area contributed by atoms with Gasteiger partial charge < -0.3 is 0 Å². The topological polar surface area (TPSA) is 0 Å². The zero-order valence-corrected chi connectivity index (χ0v) is 14.4. The summed E-state index contributed by atoms with van der Waals surface area (Å²) >= 11 is 1.58. The molecule has 0 saturated heterocycles. The summed E-state index contributed by atoms with van der Waals surface area (Å²) in [5, 5.41) is 2.61. The zero-order chi connectivity index (χ0) is 14.4. The van der Waals surface area contributed by atoms with E-state index in [1.807, 2.05) is 0 Å². The van der Waals surface area contributed by atoms with Gasteiger partial charge in [0.15, 0.2) is 0 Å². The average molecular weight is 347 g/mol. The number of allylic oxidation sites excluding steroid dienone is 1. The van der Waals surface area contributed by atoms with E-state index in [4.69, 9.17) is 0 Å². The fraction of sp³-hybridized carbons (Fsp3) is 0.100. The Labute approximate surface area is 140 Å². The molecule has 1 aliphatic carbocycles. The molecule has 0 aliphatic heterocycles. The van der Waals surface area contributed by atoms with Gasteiger partial charge in [-0.25, -0.2) is 0 Å². The molecule has 0 nitrogen and oxygen atoms in total. The molecule has 0 radical (unpaired) electrons. The van der Waals surface area contributed by atoms with Crippen LogP contribution in [0.2, 0.25) is 0 Å². The van der Waals surface area contributed by atoms with E-state index in [1.54, 1.807) is 24.7 Å². The SMILES string of the molecule is CC1=Cc2c(-c3ccc4ccccc4c3)cccc2[CH]1[Zr]. The minimum absolute atomic E-state index is 0.632. The van der Waals surface area contributed by atoms with E-state index in [2.05, 4.69) is 73.7 Å². The van der Waals surface area contributed by atoms with Crippen molar-refractivity contribution in [2.24, 2.45) is 0 Å². The first-order chi connectivity index (χ1) is 10.2. The van der Waals surface area contributed by atoms with Crippen molar-refractivity contribution < 1.29 is 24.7 Å². The average Bonchev–Trinajstić information content (AvgIpc) is 2.82. The van der Waals surface area contributed by atoms with Crippen LogP contribution in [-0.4, -0.2) is 0 Å². The normalized spacial score (nSPS) is 16.8. The predicted octanol–water partition coefficient (Wildman–Crippen LogP) is 5.51. The van der Waals surface area contributed by atoms with Gasteiger partial charge in [-0.15, -0.1) is 0 Å². The van der Waals surface area contributed by atoms with E-state index >= 15 is 0 Å². The summed E-state index contributed by atoms with van der Waals surface area (Å²) in [5.74, 6) is 0. The Morgan fingerprint density at radius 3 is 2.52 bits per heavy atom. The molecule has 0 N–H and O–H groups in total. The minimum atomic E-state index is 0.632. The van der Waals surface area contributed by atoms with Gasteiger partial charge in [0.2, 0.25) is 0 Å². The molecule has 1 unspecified atom stereocenters. The quantitative estimate of drug-likeness (QED) is 0.545. The number of benzene rings is 3. The Hall–Kier alpha value is -1.46. The Morgan fingerprint density at radius 1 is 0.857 bits per heavy atom. The van der Waals surface area contributed by atoms with Gasteiger partial charge in [-0.1, -0.05) is 0 Å². The molecule has 3 aromatic rings. The summed E-state index contributed by atoms with van der Waals surface area (Å²) in [5.41, 5.74) is 7.10. The van der Waals surface area contributed by atoms with Crippen LogP contribution in [0, 0.1) is 0 Å². The van der Waals surface area contributed by atoms with E-state index in [1.165, 1.54) is 38.6 Å². The summed E-state index contributed by atoms with van der Waals surface area (Å²) < 4.78 is 0.632. The van der Waals surface area contributed by atoms with Crippen LogP contribution >= 0.6 is 0 Å². The molecule has 0 bridgehead atoms. The van der Waals surface area contributed by atoms with E-state index in [9.17, 15) is 0 Å². The van der Waals surface area contributed by atoms with Crippen LogP contribution in [-0.2, 0) is 24.7 Å². The van der Waals surface area contributed by atoms with Gasteiger partial charge >= 0.3 is 141 Å². The molecule has 0 amide bonds. The van der Waals surface area contributed by atoms with Gasteiger partial charge in [-0.2, -0.15) is 0 Å². The van der Waals surface area contributed by atoms with Crippen LogP contribution in [0.15, 0.2) is 66.2 Å². The van der Waals surface area contributed by atoms with E-state index in [0.29, 0.717) is 3.63 Å². The number of hydrogen-bond donors (Lipinski definition) is 0. The Morgan fingerprint density at radius 2 is 1.67 bits per heavy atom. The Kier molecular flexibility index (Phi) is 3.19. The zero-order valence-electron chi connectivity index (χ0n) is 11.9. The van der Waals surface area contributed by atoms with Gasteiger partial charge in [-0.05, 0) is 0 Å². The molecule has 0 fully saturated rings. The molecule has 99 valence electrons. The molecule has 0 saturated carbocycles. The summed E-state index contributed by atoms with van der Waals surface area (Å²) in [7, 11) is 0. The van der Waals surface area contributed by atoms with Crippen molar-refractivity contribution in [1.29, 1.82) is 0 Å². The van der Waals surface area contributed by atoms with Gasteiger partial charge in [0.05, 0.1) is 0 Å². The van der Waals surface area contributed by atoms with Crippen molar-refractivity contribution in [3.05, 3.63) is 77.4 Å². The fourth-order valence-corrected chi connectivity index (χ4v) is 3.98. The van der Waals surface area contributed by atoms with Crippen LogP contribution in [0.1, 0.15) is 21.7 Å². The van der Waals surface area contributed by atoms with Crippen LogP contribution in [0.5, 0.6) is 0 Å². The molecule has 0 heterocycles. The van der Waals surface area contributed by atoms with Crippen molar-refractivity contribution in [3.8, 4) is 11.1 Å². The van der Waals surface area contributed by atoms with E-state index < -0.39 is 0 Å². The molecule has 0 aromatic heterocycles. The van der Waals surface area contributed by atoms with Crippen LogP contribution < -0.4 is 0 Å². The third-order valence-corrected chi connectivity index (χ3v) is 6.22. The molecule has 4 rings (SSSR count). The van der Waals surface area contributed by atoms with Crippen LogP contribution in [0.25, 0.3) is 28.0 Å². The van der Waals surface area contributed by atoms with Gasteiger partial charge in [0, 0.05) is 0 Å². The molecular formula is C20H15Zr. The predicted molar refractivity (Wildman–Crippen MR) is 85.8 cm³/mol. The summed E-state index contributed by atoms with van der Waals surface area (Å²) in [6, 6.07) is 22.1. The summed E-state index contributed by atoms with van der Waals surface area (Å²) in [4.78, 5) is 0. The van der Waals surface area contributed by atoms with Gasteiger partial charge in [0.25, 0.3) is 0 Å². The second-order valence-electron chi connectivity index (χ2n) is 5.69. The molecule has 1 heteroatoms. The molecular weight excluding hydrogens is 331 g/mol. The number of fused-ring (bicyclic) bond motifs is 2. The standard InChI is InChI=1S/C20H15.Zr/c1-14-11-17-7-4-8-19(20(17)12-14)18-10-9-15-5-2-3-6-16(15)13-18;/h2-13H,1H3;. The summed E-state index contributed by atoms with van der Waals surface area (Å²) in [6.07, 6.45) is 2.37. The first-order valence-corrected chi connectivity index (χ1v) is 8.67. The van der Waals surface area contributed by atoms with Crippen LogP contribution in [0.4, 0.5) is 0 Å². The maximum absolute atomic E-state index is 2.37. The van der Waals surface area contributed by atoms with Crippen molar-refractivity contribution in [2.45, 2.75) is 10.5 Å². The Balaban J connectivity index is 1.94. The number of rotatable bonds is 1. The Bertz CT molecular complexity index is 874. The molecule has 21 heavy (non-hydrogen) atoms. The maximum atomic E-state index is 2.37. The van der Waals surface area contributed by atoms with Crippen molar-refractivity contribution >= 4 is 16.8 Å². The molecule has 1 aliphatic rings. The van der Waals surface area contributed by atoms with Gasteiger partial charge in [0.1, 0.15) is 0 Å². The van der Waals surface area contributed by atoms with Crippen molar-refractivity contribution in [3.63, 3.8) is 0 Å². The second kappa shape index (κ2) is 5.07. The monoisotopic (exact) mass is 345 g/mol. The number of hydrogen-bond acceptors (Lipinski definition) is 0. The third kappa shape index (κ3) is 2.15. The van der Waals surface area contributed by atoms with E-state index in [0.717, 1.165) is 0 Å². The van der Waals surface area contributed by atoms with E-state index in [-0.39, 0.29) is 0 Å². The molecule has 3 aromatic carbocycles. The summed E-state index contributed by atoms with van der Waals surface area (Å²) in [6.45, 7) is 2.25. The first-order valence-electron chi connectivity index (χ1n) is 7.25.